The molecule has 0 aromatic carbocycles. The molecule has 0 spiro atoms. The molecule has 0 heterocycles. The lowest BCUT2D eigenvalue weighted by Gasteiger charge is -2.18. The number of carbonyl (C=O) groups excluding carboxylic acids is 3. The third-order valence-electron chi connectivity index (χ3n) is 11.4. The fraction of sp³-hybridized carbons (Fsp3) is 0.941. The first-order valence-corrected chi connectivity index (χ1v) is 25.1. The smallest absolute Gasteiger partial charge is 0.306 e. The number of hydrogen-bond acceptors (Lipinski definition) is 6. The van der Waals surface area contributed by atoms with Gasteiger partial charge < -0.3 is 14.2 Å². The van der Waals surface area contributed by atoms with Crippen molar-refractivity contribution in [1.29, 1.82) is 0 Å². The van der Waals surface area contributed by atoms with E-state index in [2.05, 4.69) is 41.5 Å². The van der Waals surface area contributed by atoms with Crippen LogP contribution in [0.5, 0.6) is 0 Å². The van der Waals surface area contributed by atoms with Gasteiger partial charge in [0.25, 0.3) is 0 Å². The van der Waals surface area contributed by atoms with Gasteiger partial charge in [-0.2, -0.15) is 0 Å². The van der Waals surface area contributed by atoms with Crippen LogP contribution in [0.15, 0.2) is 0 Å². The summed E-state index contributed by atoms with van der Waals surface area (Å²) in [6, 6.07) is 0. The minimum absolute atomic E-state index is 0.0656. The summed E-state index contributed by atoms with van der Waals surface area (Å²) in [6.45, 7) is 13.7. The van der Waals surface area contributed by atoms with Crippen LogP contribution in [0.4, 0.5) is 0 Å². The summed E-state index contributed by atoms with van der Waals surface area (Å²) in [6.07, 6.45) is 41.0. The second-order valence-corrected chi connectivity index (χ2v) is 18.9. The average molecular weight is 807 g/mol. The van der Waals surface area contributed by atoms with Gasteiger partial charge in [-0.05, 0) is 37.0 Å². The Morgan fingerprint density at radius 3 is 0.754 bits per heavy atom. The average Bonchev–Trinajstić information content (AvgIpc) is 3.16. The van der Waals surface area contributed by atoms with Crippen LogP contribution in [0.1, 0.15) is 273 Å². The number of ether oxygens (including phenoxy) is 3. The van der Waals surface area contributed by atoms with Crippen LogP contribution < -0.4 is 0 Å². The van der Waals surface area contributed by atoms with E-state index in [1.165, 1.54) is 154 Å². The molecule has 6 heteroatoms. The Bertz CT molecular complexity index is 883. The van der Waals surface area contributed by atoms with Crippen LogP contribution in [0.2, 0.25) is 0 Å². The Morgan fingerprint density at radius 2 is 0.509 bits per heavy atom. The highest BCUT2D eigenvalue weighted by Gasteiger charge is 2.19. The first-order chi connectivity index (χ1) is 27.6. The molecule has 0 aliphatic carbocycles. The van der Waals surface area contributed by atoms with E-state index in [9.17, 15) is 14.4 Å². The molecule has 0 saturated carbocycles. The van der Waals surface area contributed by atoms with Gasteiger partial charge >= 0.3 is 17.9 Å². The largest absolute Gasteiger partial charge is 0.462 e. The fourth-order valence-corrected chi connectivity index (χ4v) is 7.59. The molecule has 0 aliphatic rings. The number of unbranched alkanes of at least 4 members (excludes halogenated alkanes) is 27. The van der Waals surface area contributed by atoms with E-state index in [4.69, 9.17) is 14.2 Å². The molecule has 6 nitrogen and oxygen atoms in total. The van der Waals surface area contributed by atoms with E-state index >= 15 is 0 Å². The molecule has 57 heavy (non-hydrogen) atoms. The summed E-state index contributed by atoms with van der Waals surface area (Å²) in [7, 11) is 0. The zero-order chi connectivity index (χ0) is 42.0. The molecular weight excluding hydrogens is 709 g/mol. The van der Waals surface area contributed by atoms with Crippen molar-refractivity contribution in [3.8, 4) is 0 Å². The summed E-state index contributed by atoms with van der Waals surface area (Å²) in [4.78, 5) is 37.8. The monoisotopic (exact) mass is 807 g/mol. The Balaban J connectivity index is 4.28. The predicted octanol–water partition coefficient (Wildman–Crippen LogP) is 16.0. The number of esters is 3. The van der Waals surface area contributed by atoms with E-state index in [1.54, 1.807) is 0 Å². The summed E-state index contributed by atoms with van der Waals surface area (Å²) in [5.41, 5.74) is 0. The van der Waals surface area contributed by atoms with Gasteiger partial charge in [0.2, 0.25) is 0 Å². The maximum absolute atomic E-state index is 12.7. The van der Waals surface area contributed by atoms with Crippen molar-refractivity contribution in [2.45, 2.75) is 279 Å². The quantitative estimate of drug-likeness (QED) is 0.0347. The first-order valence-electron chi connectivity index (χ1n) is 25.1. The summed E-state index contributed by atoms with van der Waals surface area (Å²) < 4.78 is 16.8. The highest BCUT2D eigenvalue weighted by molar-refractivity contribution is 5.71. The normalized spacial score (nSPS) is 12.2. The predicted molar refractivity (Wildman–Crippen MR) is 243 cm³/mol. The SMILES string of the molecule is CC(C)CCCCCCCCCCCCCCCC(=O)OC[C@@H](COC(=O)CCCCCCCCCCCCC(C)C)OC(=O)CCCCCCCCCC(C)C. The van der Waals surface area contributed by atoms with Gasteiger partial charge in [0.1, 0.15) is 13.2 Å². The highest BCUT2D eigenvalue weighted by atomic mass is 16.6. The molecule has 0 unspecified atom stereocenters. The van der Waals surface area contributed by atoms with E-state index in [0.29, 0.717) is 19.3 Å². The molecule has 0 bridgehead atoms. The summed E-state index contributed by atoms with van der Waals surface area (Å²) in [5, 5.41) is 0. The number of hydrogen-bond donors (Lipinski definition) is 0. The van der Waals surface area contributed by atoms with Gasteiger partial charge in [-0.25, -0.2) is 0 Å². The van der Waals surface area contributed by atoms with E-state index < -0.39 is 6.10 Å². The highest BCUT2D eigenvalue weighted by Crippen LogP contribution is 2.17. The van der Waals surface area contributed by atoms with E-state index in [-0.39, 0.29) is 31.1 Å². The topological polar surface area (TPSA) is 78.9 Å². The zero-order valence-corrected chi connectivity index (χ0v) is 39.1. The van der Waals surface area contributed by atoms with Crippen LogP contribution >= 0.6 is 0 Å². The Kier molecular flexibility index (Phi) is 41.3. The lowest BCUT2D eigenvalue weighted by Crippen LogP contribution is -2.30. The molecule has 338 valence electrons. The van der Waals surface area contributed by atoms with Gasteiger partial charge in [0, 0.05) is 19.3 Å². The van der Waals surface area contributed by atoms with Crippen LogP contribution in [0, 0.1) is 17.8 Å². The van der Waals surface area contributed by atoms with Crippen LogP contribution in [0.25, 0.3) is 0 Å². The minimum atomic E-state index is -0.762. The second kappa shape index (κ2) is 42.5. The van der Waals surface area contributed by atoms with Crippen molar-refractivity contribution in [2.24, 2.45) is 17.8 Å². The third-order valence-corrected chi connectivity index (χ3v) is 11.4. The summed E-state index contributed by atoms with van der Waals surface area (Å²) in [5.74, 6) is 1.58. The second-order valence-electron chi connectivity index (χ2n) is 18.9. The Hall–Kier alpha value is -1.59. The standard InChI is InChI=1S/C51H98O6/c1-45(2)37-31-25-19-14-10-8-7-9-11-16-22-28-34-40-49(52)55-43-48(57-51(54)42-36-30-24-18-21-27-33-39-47(5)6)44-56-50(53)41-35-29-23-17-13-12-15-20-26-32-38-46(3)4/h45-48H,7-44H2,1-6H3/t48-/m0/s1. The molecule has 0 radical (unpaired) electrons. The van der Waals surface area contributed by atoms with Gasteiger partial charge in [-0.15, -0.1) is 0 Å². The molecule has 0 aromatic heterocycles. The maximum atomic E-state index is 12.7. The number of rotatable bonds is 44. The van der Waals surface area contributed by atoms with E-state index in [0.717, 1.165) is 75.5 Å². The first kappa shape index (κ1) is 55.4. The Morgan fingerprint density at radius 1 is 0.298 bits per heavy atom. The van der Waals surface area contributed by atoms with Crippen molar-refractivity contribution in [3.05, 3.63) is 0 Å². The molecular formula is C51H98O6. The molecule has 0 N–H and O–H groups in total. The van der Waals surface area contributed by atoms with Crippen LogP contribution in [0.3, 0.4) is 0 Å². The van der Waals surface area contributed by atoms with Gasteiger partial charge in [-0.3, -0.25) is 14.4 Å². The zero-order valence-electron chi connectivity index (χ0n) is 39.1. The van der Waals surface area contributed by atoms with Crippen molar-refractivity contribution >= 4 is 17.9 Å². The van der Waals surface area contributed by atoms with Gasteiger partial charge in [-0.1, -0.05) is 234 Å². The number of carbonyl (C=O) groups is 3. The molecule has 0 fully saturated rings. The van der Waals surface area contributed by atoms with Crippen molar-refractivity contribution in [3.63, 3.8) is 0 Å². The molecule has 0 aromatic rings. The van der Waals surface area contributed by atoms with Crippen LogP contribution in [-0.4, -0.2) is 37.2 Å². The maximum Gasteiger partial charge on any atom is 0.306 e. The molecule has 0 saturated heterocycles. The lowest BCUT2D eigenvalue weighted by molar-refractivity contribution is -0.167. The van der Waals surface area contributed by atoms with Crippen LogP contribution in [-0.2, 0) is 28.6 Å². The van der Waals surface area contributed by atoms with Crippen molar-refractivity contribution < 1.29 is 28.6 Å². The van der Waals surface area contributed by atoms with Crippen molar-refractivity contribution in [1.82, 2.24) is 0 Å². The Labute approximate surface area is 355 Å². The molecule has 1 atom stereocenters. The third kappa shape index (κ3) is 45.3. The summed E-state index contributed by atoms with van der Waals surface area (Å²) >= 11 is 0. The molecule has 0 amide bonds. The lowest BCUT2D eigenvalue weighted by atomic mass is 10.0. The minimum Gasteiger partial charge on any atom is -0.462 e. The van der Waals surface area contributed by atoms with Gasteiger partial charge in [0.15, 0.2) is 6.10 Å². The molecule has 0 rings (SSSR count). The van der Waals surface area contributed by atoms with Crippen molar-refractivity contribution in [2.75, 3.05) is 13.2 Å². The van der Waals surface area contributed by atoms with Gasteiger partial charge in [0.05, 0.1) is 0 Å². The molecule has 0 aliphatic heterocycles. The fourth-order valence-electron chi connectivity index (χ4n) is 7.59. The van der Waals surface area contributed by atoms with E-state index in [1.807, 2.05) is 0 Å².